The summed E-state index contributed by atoms with van der Waals surface area (Å²) in [7, 11) is -12.2. The van der Waals surface area contributed by atoms with Gasteiger partial charge in [-0.25, -0.2) is 8.42 Å². The first kappa shape index (κ1) is 53.0. The van der Waals surface area contributed by atoms with Crippen molar-refractivity contribution in [1.29, 1.82) is 0 Å². The summed E-state index contributed by atoms with van der Waals surface area (Å²) in [6.45, 7) is 9.99. The Labute approximate surface area is 377 Å². The highest BCUT2D eigenvalue weighted by Gasteiger charge is 2.48. The van der Waals surface area contributed by atoms with E-state index < -0.39 is 52.9 Å². The molecule has 358 valence electrons. The fourth-order valence-electron chi connectivity index (χ4n) is 8.23. The van der Waals surface area contributed by atoms with Gasteiger partial charge in [0.15, 0.2) is 5.71 Å². The zero-order valence-electron chi connectivity index (χ0n) is 36.9. The molecular formula is C43H62N2O16S3. The van der Waals surface area contributed by atoms with E-state index in [9.17, 15) is 48.8 Å². The Bertz CT molecular complexity index is 2350. The number of nitrogens with zero attached hydrogens (tertiary/aromatic N) is 2. The molecule has 2 aromatic carbocycles. The number of hydrogen-bond acceptors (Lipinski definition) is 14. The van der Waals surface area contributed by atoms with Crippen molar-refractivity contribution in [2.24, 2.45) is 0 Å². The molecule has 2 heterocycles. The third-order valence-corrected chi connectivity index (χ3v) is 14.0. The molecule has 2 aliphatic heterocycles. The summed E-state index contributed by atoms with van der Waals surface area (Å²) in [6.07, 6.45) is 7.59. The van der Waals surface area contributed by atoms with E-state index in [0.717, 1.165) is 5.70 Å². The molecule has 4 rings (SSSR count). The highest BCUT2D eigenvalue weighted by Crippen LogP contribution is 2.51. The number of carbonyl (C=O) groups is 1. The minimum absolute atomic E-state index is 0.00163. The number of hydrogen-bond donors (Lipinski definition) is 3. The van der Waals surface area contributed by atoms with Crippen LogP contribution in [0, 0.1) is 0 Å². The summed E-state index contributed by atoms with van der Waals surface area (Å²) in [5.74, 6) is -1.47. The normalized spacial score (nSPS) is 19.6. The lowest BCUT2D eigenvalue weighted by atomic mass is 9.75. The number of carboxylic acids is 1. The Morgan fingerprint density at radius 1 is 0.766 bits per heavy atom. The number of likely N-dealkylation sites (N-methyl/N-ethyl adjacent to an activating group) is 1. The maximum absolute atomic E-state index is 12.3. The number of carboxylic acid groups (broad SMARTS) is 1. The first-order valence-corrected chi connectivity index (χ1v) is 25.6. The van der Waals surface area contributed by atoms with E-state index in [1.807, 2.05) is 42.4 Å². The summed E-state index contributed by atoms with van der Waals surface area (Å²) >= 11 is 0. The molecule has 18 nitrogen and oxygen atoms in total. The molecule has 0 aliphatic carbocycles. The van der Waals surface area contributed by atoms with E-state index in [1.54, 1.807) is 25.3 Å². The predicted octanol–water partition coefficient (Wildman–Crippen LogP) is 4.85. The van der Waals surface area contributed by atoms with Crippen LogP contribution in [-0.4, -0.2) is 146 Å². The van der Waals surface area contributed by atoms with Crippen molar-refractivity contribution < 1.29 is 77.1 Å². The number of ether oxygens (including phenoxy) is 5. The standard InChI is InChI=1S/C43H62N2O16S3/c1-5-44-37-16-14-33(63(51,52)53)31-35(37)43(3,19-21-58-24-25-60-28-29-61-27-26-59-23-22-57-4)39(44)11-9-12-40-42(2,18-10-30-62(48,49)50)36-32-34(64(54,55)56)15-17-38(36)45(40)20-8-6-7-13-41(46)47/h9,11-12,14-17,31-32H,5-8,10,13,18-30H2,1-4H3,(H3-,46,47,48,49,50,51,52,53,54,55,56). The van der Waals surface area contributed by atoms with Crippen molar-refractivity contribution >= 4 is 53.4 Å². The third-order valence-electron chi connectivity index (χ3n) is 11.5. The summed E-state index contributed by atoms with van der Waals surface area (Å²) in [6, 6.07) is 8.52. The summed E-state index contributed by atoms with van der Waals surface area (Å²) in [4.78, 5) is 12.5. The van der Waals surface area contributed by atoms with Crippen LogP contribution in [-0.2, 0) is 69.7 Å². The SMILES string of the molecule is CCN1C(=CC=CC2=[N+](CCCCCC(=O)O)c3ccc(S(=O)(=O)O)cc3C2(C)CCCS(=O)(=O)O)C(C)(CCOCCOCCOCCOCCOC)c2cc(S(=O)(=O)[O-])ccc21. The first-order valence-electron chi connectivity index (χ1n) is 21.2. The largest absolute Gasteiger partial charge is 0.744 e. The number of fused-ring (bicyclic) bond motifs is 2. The molecule has 2 atom stereocenters. The van der Waals surface area contributed by atoms with Gasteiger partial charge in [-0.1, -0.05) is 6.08 Å². The van der Waals surface area contributed by atoms with Crippen molar-refractivity contribution in [3.8, 4) is 0 Å². The van der Waals surface area contributed by atoms with Crippen molar-refractivity contribution in [3.63, 3.8) is 0 Å². The van der Waals surface area contributed by atoms with Gasteiger partial charge in [0.25, 0.3) is 20.2 Å². The summed E-state index contributed by atoms with van der Waals surface area (Å²) in [5, 5.41) is 9.18. The van der Waals surface area contributed by atoms with Crippen LogP contribution in [0.4, 0.5) is 11.4 Å². The Hall–Kier alpha value is -3.61. The smallest absolute Gasteiger partial charge is 0.303 e. The lowest BCUT2D eigenvalue weighted by molar-refractivity contribution is -0.438. The highest BCUT2D eigenvalue weighted by molar-refractivity contribution is 7.86. The molecule has 0 radical (unpaired) electrons. The van der Waals surface area contributed by atoms with Crippen molar-refractivity contribution in [2.45, 2.75) is 86.3 Å². The fourth-order valence-corrected chi connectivity index (χ4v) is 9.74. The molecule has 0 saturated carbocycles. The molecule has 2 aliphatic rings. The Morgan fingerprint density at radius 3 is 1.92 bits per heavy atom. The molecule has 0 saturated heterocycles. The molecule has 2 aromatic rings. The maximum Gasteiger partial charge on any atom is 0.303 e. The highest BCUT2D eigenvalue weighted by atomic mass is 32.2. The van der Waals surface area contributed by atoms with E-state index in [0.29, 0.717) is 113 Å². The third kappa shape index (κ3) is 14.4. The van der Waals surface area contributed by atoms with Gasteiger partial charge < -0.3 is 38.2 Å². The number of anilines is 1. The lowest BCUT2D eigenvalue weighted by Gasteiger charge is -2.30. The fraction of sp³-hybridized carbons (Fsp3) is 0.581. The second kappa shape index (κ2) is 23.7. The maximum atomic E-state index is 12.3. The van der Waals surface area contributed by atoms with Crippen LogP contribution in [0.3, 0.4) is 0 Å². The van der Waals surface area contributed by atoms with Crippen molar-refractivity contribution in [3.05, 3.63) is 71.5 Å². The Balaban J connectivity index is 1.67. The van der Waals surface area contributed by atoms with Crippen LogP contribution in [0.2, 0.25) is 0 Å². The van der Waals surface area contributed by atoms with Crippen LogP contribution in [0.5, 0.6) is 0 Å². The second-order valence-electron chi connectivity index (χ2n) is 15.9. The van der Waals surface area contributed by atoms with Crippen molar-refractivity contribution in [1.82, 2.24) is 0 Å². The van der Waals surface area contributed by atoms with Crippen LogP contribution < -0.4 is 4.90 Å². The Kier molecular flexibility index (Phi) is 19.6. The van der Waals surface area contributed by atoms with E-state index in [1.165, 1.54) is 24.3 Å². The number of allylic oxidation sites excluding steroid dienone is 4. The average Bonchev–Trinajstić information content (AvgIpc) is 3.59. The second-order valence-corrected chi connectivity index (χ2v) is 20.3. The van der Waals surface area contributed by atoms with Crippen LogP contribution in [0.15, 0.2) is 70.1 Å². The van der Waals surface area contributed by atoms with E-state index >= 15 is 0 Å². The molecule has 64 heavy (non-hydrogen) atoms. The van der Waals surface area contributed by atoms with E-state index in [4.69, 9.17) is 23.7 Å². The quantitative estimate of drug-likeness (QED) is 0.0537. The monoisotopic (exact) mass is 958 g/mol. The van der Waals surface area contributed by atoms with E-state index in [-0.39, 0.29) is 42.3 Å². The van der Waals surface area contributed by atoms with Gasteiger partial charge in [0.1, 0.15) is 16.7 Å². The van der Waals surface area contributed by atoms with Gasteiger partial charge in [-0.15, -0.1) is 0 Å². The average molecular weight is 959 g/mol. The zero-order chi connectivity index (χ0) is 47.2. The van der Waals surface area contributed by atoms with Crippen LogP contribution in [0.25, 0.3) is 0 Å². The minimum atomic E-state index is -4.80. The van der Waals surface area contributed by atoms with Gasteiger partial charge >= 0.3 is 5.97 Å². The van der Waals surface area contributed by atoms with Gasteiger partial charge in [0, 0.05) is 67.6 Å². The minimum Gasteiger partial charge on any atom is -0.744 e. The predicted molar refractivity (Wildman–Crippen MR) is 237 cm³/mol. The number of rotatable bonds is 30. The Morgan fingerprint density at radius 2 is 1.36 bits per heavy atom. The zero-order valence-corrected chi connectivity index (χ0v) is 39.3. The van der Waals surface area contributed by atoms with E-state index in [2.05, 4.69) is 0 Å². The molecule has 0 amide bonds. The topological polar surface area (TPSA) is 256 Å². The van der Waals surface area contributed by atoms with Gasteiger partial charge in [0.2, 0.25) is 5.69 Å². The van der Waals surface area contributed by atoms with Gasteiger partial charge in [-0.05, 0) is 94.8 Å². The number of unbranched alkanes of at least 4 members (excludes halogenated alkanes) is 2. The van der Waals surface area contributed by atoms with Gasteiger partial charge in [-0.3, -0.25) is 13.9 Å². The number of methoxy groups -OCH3 is 1. The first-order chi connectivity index (χ1) is 30.2. The molecule has 0 spiro atoms. The van der Waals surface area contributed by atoms with Crippen molar-refractivity contribution in [2.75, 3.05) is 90.3 Å². The summed E-state index contributed by atoms with van der Waals surface area (Å²) < 4.78 is 134. The molecule has 21 heteroatoms. The number of aliphatic carboxylic acids is 1. The van der Waals surface area contributed by atoms with Crippen LogP contribution in [0.1, 0.15) is 76.8 Å². The number of benzene rings is 2. The van der Waals surface area contributed by atoms with Crippen LogP contribution >= 0.6 is 0 Å². The molecule has 0 aromatic heterocycles. The summed E-state index contributed by atoms with van der Waals surface area (Å²) in [5.41, 5.74) is 1.96. The molecule has 0 fully saturated rings. The molecule has 0 bridgehead atoms. The molecule has 2 unspecified atom stereocenters. The lowest BCUT2D eigenvalue weighted by Crippen LogP contribution is -2.32. The molecular weight excluding hydrogens is 897 g/mol. The van der Waals surface area contributed by atoms with Gasteiger partial charge in [-0.2, -0.15) is 21.4 Å². The molecule has 3 N–H and O–H groups in total. The van der Waals surface area contributed by atoms with Gasteiger partial charge in [0.05, 0.1) is 73.8 Å².